The van der Waals surface area contributed by atoms with Gasteiger partial charge in [-0.05, 0) is 24.1 Å². The van der Waals surface area contributed by atoms with Gasteiger partial charge < -0.3 is 10.6 Å². The predicted molar refractivity (Wildman–Crippen MR) is 96.5 cm³/mol. The van der Waals surface area contributed by atoms with Crippen molar-refractivity contribution >= 4 is 30.7 Å². The standard InChI is InChI=1S/C17H19N3O.2ClH/c1-12-7-8-19-9-14(12)17(21)20-10-15(16(18)11-20)13-5-3-2-4-6-13;;/h2-9,15-16H,10-11,18H2,1H3;2*1H/t15-,16+;;/m0../s1. The Morgan fingerprint density at radius 3 is 2.52 bits per heavy atom. The van der Waals surface area contributed by atoms with Crippen molar-refractivity contribution in [1.29, 1.82) is 0 Å². The third-order valence-electron chi connectivity index (χ3n) is 4.15. The molecular weight excluding hydrogens is 333 g/mol. The van der Waals surface area contributed by atoms with Gasteiger partial charge in [0.05, 0.1) is 5.56 Å². The summed E-state index contributed by atoms with van der Waals surface area (Å²) in [6, 6.07) is 12.0. The van der Waals surface area contributed by atoms with Gasteiger partial charge in [-0.3, -0.25) is 9.78 Å². The van der Waals surface area contributed by atoms with Crippen molar-refractivity contribution in [3.63, 3.8) is 0 Å². The number of hydrogen-bond donors (Lipinski definition) is 1. The van der Waals surface area contributed by atoms with E-state index in [1.165, 1.54) is 5.56 Å². The highest BCUT2D eigenvalue weighted by molar-refractivity contribution is 5.95. The molecule has 1 saturated heterocycles. The van der Waals surface area contributed by atoms with Gasteiger partial charge >= 0.3 is 0 Å². The van der Waals surface area contributed by atoms with Gasteiger partial charge in [0, 0.05) is 37.4 Å². The summed E-state index contributed by atoms with van der Waals surface area (Å²) < 4.78 is 0. The van der Waals surface area contributed by atoms with Gasteiger partial charge in [0.1, 0.15) is 0 Å². The average Bonchev–Trinajstić information content (AvgIpc) is 2.90. The Morgan fingerprint density at radius 2 is 1.87 bits per heavy atom. The summed E-state index contributed by atoms with van der Waals surface area (Å²) in [5.41, 5.74) is 9.06. The minimum absolute atomic E-state index is 0. The number of pyridine rings is 1. The maximum absolute atomic E-state index is 12.6. The van der Waals surface area contributed by atoms with Crippen LogP contribution in [0.2, 0.25) is 0 Å². The number of benzene rings is 1. The van der Waals surface area contributed by atoms with Crippen LogP contribution < -0.4 is 5.73 Å². The van der Waals surface area contributed by atoms with Crippen LogP contribution in [0.5, 0.6) is 0 Å². The van der Waals surface area contributed by atoms with Crippen molar-refractivity contribution in [2.75, 3.05) is 13.1 Å². The van der Waals surface area contributed by atoms with Crippen molar-refractivity contribution in [2.45, 2.75) is 18.9 Å². The number of aryl methyl sites for hydroxylation is 1. The SMILES string of the molecule is Cc1ccncc1C(=O)N1C[C@@H](N)[C@H](c2ccccc2)C1.Cl.Cl. The molecule has 2 atom stereocenters. The summed E-state index contributed by atoms with van der Waals surface area (Å²) in [5, 5.41) is 0. The Labute approximate surface area is 148 Å². The van der Waals surface area contributed by atoms with Crippen LogP contribution in [0, 0.1) is 6.92 Å². The molecule has 2 N–H and O–H groups in total. The number of likely N-dealkylation sites (tertiary alicyclic amines) is 1. The van der Waals surface area contributed by atoms with Gasteiger partial charge in [-0.15, -0.1) is 24.8 Å². The molecule has 6 heteroatoms. The maximum atomic E-state index is 12.6. The van der Waals surface area contributed by atoms with E-state index in [0.717, 1.165) is 5.56 Å². The molecular formula is C17H21Cl2N3O. The molecule has 124 valence electrons. The first-order chi connectivity index (χ1) is 10.2. The molecule has 0 radical (unpaired) electrons. The van der Waals surface area contributed by atoms with E-state index in [-0.39, 0.29) is 42.7 Å². The summed E-state index contributed by atoms with van der Waals surface area (Å²) >= 11 is 0. The van der Waals surface area contributed by atoms with Crippen molar-refractivity contribution in [2.24, 2.45) is 5.73 Å². The second-order valence-corrected chi connectivity index (χ2v) is 5.58. The molecule has 1 aromatic heterocycles. The van der Waals surface area contributed by atoms with Gasteiger partial charge in [0.25, 0.3) is 5.91 Å². The third-order valence-corrected chi connectivity index (χ3v) is 4.15. The minimum Gasteiger partial charge on any atom is -0.336 e. The van der Waals surface area contributed by atoms with E-state index in [1.807, 2.05) is 36.1 Å². The second kappa shape index (κ2) is 8.29. The molecule has 3 rings (SSSR count). The molecule has 2 aromatic rings. The van der Waals surface area contributed by atoms with Gasteiger partial charge in [-0.25, -0.2) is 0 Å². The fourth-order valence-electron chi connectivity index (χ4n) is 2.91. The zero-order chi connectivity index (χ0) is 14.8. The quantitative estimate of drug-likeness (QED) is 0.902. The number of halogens is 2. The first-order valence-corrected chi connectivity index (χ1v) is 7.17. The molecule has 1 aromatic carbocycles. The van der Waals surface area contributed by atoms with Crippen molar-refractivity contribution in [3.05, 3.63) is 65.5 Å². The molecule has 0 aliphatic carbocycles. The first kappa shape index (κ1) is 19.4. The van der Waals surface area contributed by atoms with E-state index >= 15 is 0 Å². The number of carbonyl (C=O) groups excluding carboxylic acids is 1. The summed E-state index contributed by atoms with van der Waals surface area (Å²) in [6.45, 7) is 3.19. The van der Waals surface area contributed by atoms with Crippen LogP contribution in [-0.4, -0.2) is 34.9 Å². The van der Waals surface area contributed by atoms with Crippen molar-refractivity contribution in [1.82, 2.24) is 9.88 Å². The number of hydrogen-bond acceptors (Lipinski definition) is 3. The Hall–Kier alpha value is -1.62. The third kappa shape index (κ3) is 4.02. The number of nitrogens with zero attached hydrogens (tertiary/aromatic N) is 2. The topological polar surface area (TPSA) is 59.2 Å². The summed E-state index contributed by atoms with van der Waals surface area (Å²) in [4.78, 5) is 18.5. The van der Waals surface area contributed by atoms with Gasteiger partial charge in [-0.1, -0.05) is 30.3 Å². The number of nitrogens with two attached hydrogens (primary N) is 1. The summed E-state index contributed by atoms with van der Waals surface area (Å²) in [6.07, 6.45) is 3.34. The number of rotatable bonds is 2. The molecule has 0 saturated carbocycles. The Balaban J connectivity index is 0.00000132. The second-order valence-electron chi connectivity index (χ2n) is 5.58. The van der Waals surface area contributed by atoms with Crippen molar-refractivity contribution in [3.8, 4) is 0 Å². The highest BCUT2D eigenvalue weighted by atomic mass is 35.5. The average molecular weight is 354 g/mol. The van der Waals surface area contributed by atoms with E-state index in [2.05, 4.69) is 17.1 Å². The number of amides is 1. The lowest BCUT2D eigenvalue weighted by Crippen LogP contribution is -2.32. The minimum atomic E-state index is -0.0201. The van der Waals surface area contributed by atoms with Crippen LogP contribution in [0.1, 0.15) is 27.4 Å². The predicted octanol–water partition coefficient (Wildman–Crippen LogP) is 2.80. The van der Waals surface area contributed by atoms with Crippen LogP contribution in [0.25, 0.3) is 0 Å². The number of carbonyl (C=O) groups is 1. The van der Waals surface area contributed by atoms with E-state index in [4.69, 9.17) is 5.73 Å². The zero-order valence-electron chi connectivity index (χ0n) is 12.9. The first-order valence-electron chi connectivity index (χ1n) is 7.17. The lowest BCUT2D eigenvalue weighted by Gasteiger charge is -2.17. The molecule has 4 nitrogen and oxygen atoms in total. The van der Waals surface area contributed by atoms with Gasteiger partial charge in [-0.2, -0.15) is 0 Å². The molecule has 0 bridgehead atoms. The lowest BCUT2D eigenvalue weighted by molar-refractivity contribution is 0.0788. The summed E-state index contributed by atoms with van der Waals surface area (Å²) in [7, 11) is 0. The Bertz CT molecular complexity index is 651. The summed E-state index contributed by atoms with van der Waals surface area (Å²) in [5.74, 6) is 0.224. The van der Waals surface area contributed by atoms with Crippen LogP contribution in [0.3, 0.4) is 0 Å². The monoisotopic (exact) mass is 353 g/mol. The van der Waals surface area contributed by atoms with E-state index in [9.17, 15) is 4.79 Å². The molecule has 1 aliphatic rings. The van der Waals surface area contributed by atoms with Crippen molar-refractivity contribution < 1.29 is 4.79 Å². The highest BCUT2D eigenvalue weighted by Gasteiger charge is 2.34. The molecule has 0 unspecified atom stereocenters. The van der Waals surface area contributed by atoms with E-state index in [0.29, 0.717) is 18.7 Å². The van der Waals surface area contributed by atoms with Crippen LogP contribution in [0.15, 0.2) is 48.8 Å². The zero-order valence-corrected chi connectivity index (χ0v) is 14.5. The smallest absolute Gasteiger partial charge is 0.255 e. The highest BCUT2D eigenvalue weighted by Crippen LogP contribution is 2.27. The molecule has 2 heterocycles. The fourth-order valence-corrected chi connectivity index (χ4v) is 2.91. The normalized spacial score (nSPS) is 19.7. The lowest BCUT2D eigenvalue weighted by atomic mass is 9.95. The van der Waals surface area contributed by atoms with E-state index < -0.39 is 0 Å². The van der Waals surface area contributed by atoms with Crippen LogP contribution >= 0.6 is 24.8 Å². The van der Waals surface area contributed by atoms with Gasteiger partial charge in [0.2, 0.25) is 0 Å². The Kier molecular flexibility index (Phi) is 7.01. The largest absolute Gasteiger partial charge is 0.336 e. The maximum Gasteiger partial charge on any atom is 0.255 e. The van der Waals surface area contributed by atoms with Crippen LogP contribution in [0.4, 0.5) is 0 Å². The fraction of sp³-hybridized carbons (Fsp3) is 0.294. The number of aromatic nitrogens is 1. The van der Waals surface area contributed by atoms with Crippen LogP contribution in [-0.2, 0) is 0 Å². The van der Waals surface area contributed by atoms with Gasteiger partial charge in [0.15, 0.2) is 0 Å². The molecule has 1 amide bonds. The van der Waals surface area contributed by atoms with E-state index in [1.54, 1.807) is 12.4 Å². The molecule has 0 spiro atoms. The molecule has 1 fully saturated rings. The molecule has 1 aliphatic heterocycles. The molecule has 23 heavy (non-hydrogen) atoms. The Morgan fingerprint density at radius 1 is 1.17 bits per heavy atom.